The largest absolute Gasteiger partial charge is 0.457 e. The summed E-state index contributed by atoms with van der Waals surface area (Å²) in [5, 5.41) is 7.69. The van der Waals surface area contributed by atoms with Gasteiger partial charge in [-0.15, -0.1) is 0 Å². The molecule has 0 saturated carbocycles. The molecule has 0 bridgehead atoms. The van der Waals surface area contributed by atoms with Gasteiger partial charge in [0.2, 0.25) is 0 Å². The van der Waals surface area contributed by atoms with Crippen molar-refractivity contribution in [1.82, 2.24) is 15.1 Å². The van der Waals surface area contributed by atoms with Gasteiger partial charge >= 0.3 is 6.03 Å². The van der Waals surface area contributed by atoms with Crippen molar-refractivity contribution in [3.63, 3.8) is 0 Å². The van der Waals surface area contributed by atoms with Gasteiger partial charge in [-0.25, -0.2) is 4.79 Å². The maximum Gasteiger partial charge on any atom is 0.344 e. The molecular weight excluding hydrogens is 440 g/mol. The van der Waals surface area contributed by atoms with Gasteiger partial charge in [-0.2, -0.15) is 9.78 Å². The number of benzene rings is 3. The number of hydrogen-bond donors (Lipinski definition) is 1. The highest BCUT2D eigenvalue weighted by atomic mass is 16.5. The SMILES string of the molecule is O=C(NCCc1ccccc1)n1nc(-c2ccc(Oc3ccccc3)cc2)cc1N1CCOCC1. The third-order valence-electron chi connectivity index (χ3n) is 5.88. The summed E-state index contributed by atoms with van der Waals surface area (Å²) < 4.78 is 12.9. The molecule has 178 valence electrons. The summed E-state index contributed by atoms with van der Waals surface area (Å²) in [6, 6.07) is 29.3. The first kappa shape index (κ1) is 22.7. The number of aromatic nitrogens is 2. The fourth-order valence-electron chi connectivity index (χ4n) is 4.03. The monoisotopic (exact) mass is 468 g/mol. The molecule has 1 N–H and O–H groups in total. The number of amides is 1. The van der Waals surface area contributed by atoms with Crippen molar-refractivity contribution < 1.29 is 14.3 Å². The molecule has 7 heteroatoms. The van der Waals surface area contributed by atoms with Crippen LogP contribution in [0.5, 0.6) is 11.5 Å². The van der Waals surface area contributed by atoms with Gasteiger partial charge in [0.1, 0.15) is 17.3 Å². The van der Waals surface area contributed by atoms with Crippen LogP contribution in [0, 0.1) is 0 Å². The molecule has 3 aromatic carbocycles. The molecule has 1 aliphatic heterocycles. The standard InChI is InChI=1S/C28H28N4O3/c33-28(29-16-15-22-7-3-1-4-8-22)32-27(31-17-19-34-20-18-31)21-26(30-32)23-11-13-25(14-12-23)35-24-9-5-2-6-10-24/h1-14,21H,15-20H2,(H,29,33). The number of carbonyl (C=O) groups is 1. The molecule has 5 rings (SSSR count). The van der Waals surface area contributed by atoms with Gasteiger partial charge in [-0.05, 0) is 48.4 Å². The normalized spacial score (nSPS) is 13.4. The summed E-state index contributed by atoms with van der Waals surface area (Å²) >= 11 is 0. The highest BCUT2D eigenvalue weighted by Crippen LogP contribution is 2.28. The first-order valence-electron chi connectivity index (χ1n) is 11.8. The molecule has 1 amide bonds. The Morgan fingerprint density at radius 2 is 1.54 bits per heavy atom. The van der Waals surface area contributed by atoms with Crippen LogP contribution in [-0.2, 0) is 11.2 Å². The number of nitrogens with zero attached hydrogens (tertiary/aromatic N) is 3. The van der Waals surface area contributed by atoms with Crippen LogP contribution in [0.3, 0.4) is 0 Å². The molecule has 1 aromatic heterocycles. The highest BCUT2D eigenvalue weighted by molar-refractivity contribution is 5.81. The maximum absolute atomic E-state index is 13.1. The van der Waals surface area contributed by atoms with Crippen LogP contribution in [0.4, 0.5) is 10.6 Å². The number of anilines is 1. The molecule has 0 radical (unpaired) electrons. The zero-order chi connectivity index (χ0) is 23.9. The van der Waals surface area contributed by atoms with Crippen LogP contribution in [0.25, 0.3) is 11.3 Å². The lowest BCUT2D eigenvalue weighted by Crippen LogP contribution is -2.40. The first-order chi connectivity index (χ1) is 17.3. The second-order valence-electron chi connectivity index (χ2n) is 8.31. The van der Waals surface area contributed by atoms with Crippen LogP contribution in [0.2, 0.25) is 0 Å². The van der Waals surface area contributed by atoms with E-state index in [1.807, 2.05) is 78.9 Å². The highest BCUT2D eigenvalue weighted by Gasteiger charge is 2.22. The summed E-state index contributed by atoms with van der Waals surface area (Å²) in [6.07, 6.45) is 0.760. The Bertz CT molecular complexity index is 1230. The fourth-order valence-corrected chi connectivity index (χ4v) is 4.03. The van der Waals surface area contributed by atoms with E-state index in [2.05, 4.69) is 27.4 Å². The number of ether oxygens (including phenoxy) is 2. The lowest BCUT2D eigenvalue weighted by atomic mass is 10.1. The summed E-state index contributed by atoms with van der Waals surface area (Å²) in [5.41, 5.74) is 2.83. The van der Waals surface area contributed by atoms with Crippen molar-refractivity contribution in [3.05, 3.63) is 96.6 Å². The van der Waals surface area contributed by atoms with Crippen molar-refractivity contribution in [2.45, 2.75) is 6.42 Å². The number of nitrogens with one attached hydrogen (secondary N) is 1. The Labute approximate surface area is 204 Å². The Kier molecular flexibility index (Phi) is 7.05. The summed E-state index contributed by atoms with van der Waals surface area (Å²) in [4.78, 5) is 15.3. The minimum atomic E-state index is -0.238. The average molecular weight is 469 g/mol. The Hall–Kier alpha value is -4.10. The topological polar surface area (TPSA) is 68.6 Å². The third kappa shape index (κ3) is 5.70. The van der Waals surface area contributed by atoms with E-state index in [9.17, 15) is 4.79 Å². The van der Waals surface area contributed by atoms with E-state index < -0.39 is 0 Å². The van der Waals surface area contributed by atoms with Crippen LogP contribution >= 0.6 is 0 Å². The van der Waals surface area contributed by atoms with E-state index in [1.165, 1.54) is 10.2 Å². The summed E-state index contributed by atoms with van der Waals surface area (Å²) in [5.74, 6) is 2.29. The minimum Gasteiger partial charge on any atom is -0.457 e. The van der Waals surface area contributed by atoms with Crippen LogP contribution in [-0.4, -0.2) is 48.7 Å². The van der Waals surface area contributed by atoms with Crippen LogP contribution in [0.1, 0.15) is 5.56 Å². The van der Waals surface area contributed by atoms with Gasteiger partial charge in [0.05, 0.1) is 18.9 Å². The second kappa shape index (κ2) is 10.9. The van der Waals surface area contributed by atoms with E-state index in [1.54, 1.807) is 0 Å². The van der Waals surface area contributed by atoms with Gasteiger partial charge in [0.15, 0.2) is 0 Å². The molecule has 0 unspecified atom stereocenters. The Morgan fingerprint density at radius 1 is 0.886 bits per heavy atom. The van der Waals surface area contributed by atoms with Crippen molar-refractivity contribution >= 4 is 11.8 Å². The molecule has 1 saturated heterocycles. The number of carbonyl (C=O) groups excluding carboxylic acids is 1. The zero-order valence-electron chi connectivity index (χ0n) is 19.5. The first-order valence-corrected chi connectivity index (χ1v) is 11.8. The van der Waals surface area contributed by atoms with E-state index in [-0.39, 0.29) is 6.03 Å². The maximum atomic E-state index is 13.1. The fraction of sp³-hybridized carbons (Fsp3) is 0.214. The van der Waals surface area contributed by atoms with E-state index in [0.717, 1.165) is 35.0 Å². The molecule has 0 atom stereocenters. The quantitative estimate of drug-likeness (QED) is 0.414. The predicted molar refractivity (Wildman–Crippen MR) is 136 cm³/mol. The zero-order valence-corrected chi connectivity index (χ0v) is 19.5. The molecule has 35 heavy (non-hydrogen) atoms. The minimum absolute atomic E-state index is 0.238. The second-order valence-corrected chi connectivity index (χ2v) is 8.31. The van der Waals surface area contributed by atoms with Crippen molar-refractivity contribution in [2.75, 3.05) is 37.7 Å². The van der Waals surface area contributed by atoms with Gasteiger partial charge in [-0.1, -0.05) is 48.5 Å². The summed E-state index contributed by atoms with van der Waals surface area (Å²) in [6.45, 7) is 3.22. The number of para-hydroxylation sites is 1. The van der Waals surface area contributed by atoms with Gasteiger partial charge in [-0.3, -0.25) is 0 Å². The molecule has 1 fully saturated rings. The predicted octanol–water partition coefficient (Wildman–Crippen LogP) is 4.98. The molecule has 4 aromatic rings. The molecule has 7 nitrogen and oxygen atoms in total. The van der Waals surface area contributed by atoms with Crippen molar-refractivity contribution in [3.8, 4) is 22.8 Å². The van der Waals surface area contributed by atoms with E-state index >= 15 is 0 Å². The molecule has 2 heterocycles. The Morgan fingerprint density at radius 3 is 2.26 bits per heavy atom. The molecule has 0 spiro atoms. The lowest BCUT2D eigenvalue weighted by Gasteiger charge is -2.28. The molecule has 0 aliphatic carbocycles. The van der Waals surface area contributed by atoms with Crippen LogP contribution < -0.4 is 15.0 Å². The van der Waals surface area contributed by atoms with Gasteiger partial charge < -0.3 is 19.7 Å². The average Bonchev–Trinajstić information content (AvgIpc) is 3.37. The van der Waals surface area contributed by atoms with Crippen molar-refractivity contribution in [2.24, 2.45) is 0 Å². The Balaban J connectivity index is 1.33. The number of rotatable bonds is 7. The molecular formula is C28H28N4O3. The molecule has 1 aliphatic rings. The number of morpholine rings is 1. The van der Waals surface area contributed by atoms with Gasteiger partial charge in [0, 0.05) is 31.3 Å². The summed E-state index contributed by atoms with van der Waals surface area (Å²) in [7, 11) is 0. The van der Waals surface area contributed by atoms with Crippen molar-refractivity contribution in [1.29, 1.82) is 0 Å². The van der Waals surface area contributed by atoms with E-state index in [4.69, 9.17) is 9.47 Å². The van der Waals surface area contributed by atoms with Gasteiger partial charge in [0.25, 0.3) is 0 Å². The number of hydrogen-bond acceptors (Lipinski definition) is 5. The smallest absolute Gasteiger partial charge is 0.344 e. The van der Waals surface area contributed by atoms with E-state index in [0.29, 0.717) is 32.8 Å². The lowest BCUT2D eigenvalue weighted by molar-refractivity contribution is 0.122. The third-order valence-corrected chi connectivity index (χ3v) is 5.88. The van der Waals surface area contributed by atoms with Crippen LogP contribution in [0.15, 0.2) is 91.0 Å².